The molecule has 1 atom stereocenters. The molecule has 4 heterocycles. The second-order valence-corrected chi connectivity index (χ2v) is 16.0. The van der Waals surface area contributed by atoms with Crippen LogP contribution in [0.5, 0.6) is 0 Å². The standard InChI is InChI=1S/C50H45N7O9/c58-44-25-24-42(48(61)55-44)56-49(62)38-9-7-10-39(45(38)50(56)63)51-26-5-3-1-2-4-6-27-52-46(59)33-16-20-36(21-17-33)53-47(60)34-14-12-31(13-15-34)35-29-40(32-18-22-37(23-19-32)57(64)65)54-41(30-35)43-11-8-28-66-43/h7-23,28-30,42,51H,1-6,24-27H2,(H,52,59)(H,53,60)(H,55,58,61). The summed E-state index contributed by atoms with van der Waals surface area (Å²) in [6.07, 6.45) is 7.26. The number of nitrogens with one attached hydrogen (secondary N) is 4. The van der Waals surface area contributed by atoms with E-state index in [9.17, 15) is 38.9 Å². The number of carbonyl (C=O) groups is 6. The third-order valence-electron chi connectivity index (χ3n) is 11.5. The number of aromatic nitrogens is 1. The van der Waals surface area contributed by atoms with E-state index in [1.54, 1.807) is 85.1 Å². The fraction of sp³-hybridized carbons (Fsp3) is 0.220. The highest BCUT2D eigenvalue weighted by atomic mass is 16.6. The second kappa shape index (κ2) is 20.1. The summed E-state index contributed by atoms with van der Waals surface area (Å²) >= 11 is 0. The number of furan rings is 1. The van der Waals surface area contributed by atoms with Gasteiger partial charge >= 0.3 is 0 Å². The van der Waals surface area contributed by atoms with Crippen molar-refractivity contribution in [1.29, 1.82) is 0 Å². The molecule has 2 aliphatic rings. The van der Waals surface area contributed by atoms with Crippen molar-refractivity contribution < 1.29 is 38.1 Å². The van der Waals surface area contributed by atoms with Crippen LogP contribution in [0.15, 0.2) is 126 Å². The van der Waals surface area contributed by atoms with E-state index < -0.39 is 34.6 Å². The van der Waals surface area contributed by atoms with Gasteiger partial charge in [0.05, 0.1) is 28.0 Å². The Morgan fingerprint density at radius 1 is 0.727 bits per heavy atom. The van der Waals surface area contributed by atoms with E-state index in [4.69, 9.17) is 9.40 Å². The number of amides is 6. The van der Waals surface area contributed by atoms with Gasteiger partial charge in [0.1, 0.15) is 11.7 Å². The summed E-state index contributed by atoms with van der Waals surface area (Å²) in [5.74, 6) is -2.09. The number of nitro benzene ring substituents is 1. The van der Waals surface area contributed by atoms with Crippen molar-refractivity contribution >= 4 is 52.5 Å². The molecule has 0 aliphatic carbocycles. The lowest BCUT2D eigenvalue weighted by Gasteiger charge is -2.27. The Hall–Kier alpha value is -8.27. The smallest absolute Gasteiger partial charge is 0.269 e. The van der Waals surface area contributed by atoms with Crippen molar-refractivity contribution in [3.63, 3.8) is 0 Å². The van der Waals surface area contributed by atoms with Crippen LogP contribution in [0.1, 0.15) is 92.8 Å². The average molecular weight is 888 g/mol. The molecule has 1 fully saturated rings. The second-order valence-electron chi connectivity index (χ2n) is 16.0. The number of benzene rings is 4. The number of unbranched alkanes of at least 4 members (excludes halogenated alkanes) is 5. The predicted molar refractivity (Wildman–Crippen MR) is 245 cm³/mol. The van der Waals surface area contributed by atoms with Crippen LogP contribution in [0.2, 0.25) is 0 Å². The largest absolute Gasteiger partial charge is 0.463 e. The first-order valence-corrected chi connectivity index (χ1v) is 21.7. The number of non-ortho nitro benzene ring substituents is 1. The summed E-state index contributed by atoms with van der Waals surface area (Å²) in [6.45, 7) is 1.12. The Labute approximate surface area is 379 Å². The predicted octanol–water partition coefficient (Wildman–Crippen LogP) is 8.42. The molecule has 66 heavy (non-hydrogen) atoms. The quantitative estimate of drug-likeness (QED) is 0.0277. The number of nitrogens with zero attached hydrogens (tertiary/aromatic N) is 3. The van der Waals surface area contributed by atoms with Crippen molar-refractivity contribution in [2.24, 2.45) is 0 Å². The summed E-state index contributed by atoms with van der Waals surface area (Å²) in [5.41, 5.74) is 5.97. The zero-order chi connectivity index (χ0) is 46.2. The summed E-state index contributed by atoms with van der Waals surface area (Å²) in [5, 5.41) is 22.5. The van der Waals surface area contributed by atoms with Crippen LogP contribution in [0.25, 0.3) is 33.8 Å². The van der Waals surface area contributed by atoms with Gasteiger partial charge in [-0.15, -0.1) is 0 Å². The van der Waals surface area contributed by atoms with E-state index in [1.807, 2.05) is 24.3 Å². The normalized spacial score (nSPS) is 14.4. The van der Waals surface area contributed by atoms with Crippen LogP contribution >= 0.6 is 0 Å². The van der Waals surface area contributed by atoms with E-state index >= 15 is 0 Å². The number of imide groups is 2. The van der Waals surface area contributed by atoms with Crippen molar-refractivity contribution in [1.82, 2.24) is 20.5 Å². The highest BCUT2D eigenvalue weighted by Gasteiger charge is 2.45. The van der Waals surface area contributed by atoms with Gasteiger partial charge in [-0.1, -0.05) is 43.9 Å². The monoisotopic (exact) mass is 887 g/mol. The van der Waals surface area contributed by atoms with Gasteiger partial charge in [-0.05, 0) is 115 Å². The SMILES string of the molecule is O=C1CCC(N2C(=O)c3cccc(NCCCCCCCCNC(=O)c4ccc(NC(=O)c5ccc(-c6cc(-c7ccc([N+](=O)[O-])cc7)nc(-c7ccco7)c6)cc5)cc4)c3C2=O)C(=O)N1. The Bertz CT molecular complexity index is 2810. The molecule has 0 saturated carbocycles. The zero-order valence-electron chi connectivity index (χ0n) is 35.7. The van der Waals surface area contributed by atoms with E-state index in [-0.39, 0.29) is 41.5 Å². The Kier molecular flexibility index (Phi) is 13.5. The molecular weight excluding hydrogens is 843 g/mol. The molecule has 0 radical (unpaired) electrons. The number of hydrogen-bond acceptors (Lipinski definition) is 11. The molecular formula is C50H45N7O9. The van der Waals surface area contributed by atoms with Gasteiger partial charge in [0.25, 0.3) is 29.3 Å². The first-order valence-electron chi connectivity index (χ1n) is 21.7. The lowest BCUT2D eigenvalue weighted by atomic mass is 10.00. The average Bonchev–Trinajstić information content (AvgIpc) is 3.96. The topological polar surface area (TPSA) is 223 Å². The molecule has 4 N–H and O–H groups in total. The minimum absolute atomic E-state index is 0.0199. The molecule has 2 aliphatic heterocycles. The third-order valence-corrected chi connectivity index (χ3v) is 11.5. The van der Waals surface area contributed by atoms with Crippen LogP contribution in [0.4, 0.5) is 17.1 Å². The fourth-order valence-electron chi connectivity index (χ4n) is 8.02. The van der Waals surface area contributed by atoms with Gasteiger partial charge in [0.2, 0.25) is 11.8 Å². The Morgan fingerprint density at radius 2 is 1.39 bits per heavy atom. The molecule has 4 aromatic carbocycles. The molecule has 0 bridgehead atoms. The number of rotatable bonds is 18. The molecule has 16 heteroatoms. The van der Waals surface area contributed by atoms with Crippen LogP contribution in [-0.4, -0.2) is 69.4 Å². The molecule has 2 aromatic heterocycles. The minimum Gasteiger partial charge on any atom is -0.463 e. The maximum absolute atomic E-state index is 13.3. The molecule has 16 nitrogen and oxygen atoms in total. The Morgan fingerprint density at radius 3 is 2.09 bits per heavy atom. The van der Waals surface area contributed by atoms with Crippen molar-refractivity contribution in [2.75, 3.05) is 23.7 Å². The van der Waals surface area contributed by atoms with Crippen LogP contribution in [0, 0.1) is 10.1 Å². The summed E-state index contributed by atoms with van der Waals surface area (Å²) in [4.78, 5) is 92.8. The number of nitro groups is 1. The van der Waals surface area contributed by atoms with E-state index in [1.165, 1.54) is 12.1 Å². The Balaban J connectivity index is 0.746. The van der Waals surface area contributed by atoms with Crippen molar-refractivity contribution in [3.05, 3.63) is 154 Å². The molecule has 6 aromatic rings. The molecule has 334 valence electrons. The fourth-order valence-corrected chi connectivity index (χ4v) is 8.02. The lowest BCUT2D eigenvalue weighted by Crippen LogP contribution is -2.54. The molecule has 6 amide bonds. The number of fused-ring (bicyclic) bond motifs is 1. The van der Waals surface area contributed by atoms with Crippen LogP contribution < -0.4 is 21.3 Å². The van der Waals surface area contributed by atoms with Gasteiger partial charge in [-0.2, -0.15) is 0 Å². The molecule has 8 rings (SSSR count). The molecule has 1 unspecified atom stereocenters. The number of pyridine rings is 1. The van der Waals surface area contributed by atoms with E-state index in [2.05, 4.69) is 21.3 Å². The van der Waals surface area contributed by atoms with Crippen molar-refractivity contribution in [3.8, 4) is 33.8 Å². The highest BCUT2D eigenvalue weighted by molar-refractivity contribution is 6.25. The summed E-state index contributed by atoms with van der Waals surface area (Å²) in [6, 6.07) is 31.3. The lowest BCUT2D eigenvalue weighted by molar-refractivity contribution is -0.384. The zero-order valence-corrected chi connectivity index (χ0v) is 35.7. The highest BCUT2D eigenvalue weighted by Crippen LogP contribution is 2.34. The van der Waals surface area contributed by atoms with Gasteiger partial charge in [0.15, 0.2) is 5.76 Å². The third kappa shape index (κ3) is 10.1. The molecule has 1 saturated heterocycles. The van der Waals surface area contributed by atoms with Gasteiger partial charge in [-0.25, -0.2) is 4.98 Å². The maximum Gasteiger partial charge on any atom is 0.269 e. The number of hydrogen-bond donors (Lipinski definition) is 4. The van der Waals surface area contributed by atoms with Crippen LogP contribution in [0.3, 0.4) is 0 Å². The minimum atomic E-state index is -1.01. The first kappa shape index (κ1) is 44.3. The number of anilines is 2. The van der Waals surface area contributed by atoms with Crippen molar-refractivity contribution in [2.45, 2.75) is 57.4 Å². The number of piperidine rings is 1. The summed E-state index contributed by atoms with van der Waals surface area (Å²) < 4.78 is 5.61. The van der Waals surface area contributed by atoms with Gasteiger partial charge < -0.3 is 20.4 Å². The number of carbonyl (C=O) groups excluding carboxylic acids is 6. The van der Waals surface area contributed by atoms with Gasteiger partial charge in [0, 0.05) is 59.7 Å². The van der Waals surface area contributed by atoms with Crippen LogP contribution in [-0.2, 0) is 9.59 Å². The molecule has 0 spiro atoms. The van der Waals surface area contributed by atoms with E-state index in [0.717, 1.165) is 54.6 Å². The van der Waals surface area contributed by atoms with E-state index in [0.29, 0.717) is 58.3 Å². The summed E-state index contributed by atoms with van der Waals surface area (Å²) in [7, 11) is 0. The van der Waals surface area contributed by atoms with Gasteiger partial charge in [-0.3, -0.25) is 49.1 Å². The maximum atomic E-state index is 13.3. The first-order chi connectivity index (χ1) is 32.0.